The summed E-state index contributed by atoms with van der Waals surface area (Å²) in [4.78, 5) is 9.29. The number of aromatic nitrogens is 2. The van der Waals surface area contributed by atoms with Crippen LogP contribution in [0.1, 0.15) is 6.42 Å². The normalized spacial score (nSPS) is 15.5. The third-order valence-electron chi connectivity index (χ3n) is 6.15. The molecule has 0 spiro atoms. The van der Waals surface area contributed by atoms with Crippen molar-refractivity contribution in [2.24, 2.45) is 0 Å². The number of benzene rings is 3. The molecule has 1 fully saturated rings. The molecule has 0 amide bonds. The van der Waals surface area contributed by atoms with Gasteiger partial charge in [-0.2, -0.15) is 0 Å². The zero-order chi connectivity index (χ0) is 21.1. The van der Waals surface area contributed by atoms with Crippen molar-refractivity contribution in [2.45, 2.75) is 12.5 Å². The maximum absolute atomic E-state index is 9.47. The van der Waals surface area contributed by atoms with Gasteiger partial charge in [-0.15, -0.1) is 0 Å². The van der Waals surface area contributed by atoms with E-state index in [-0.39, 0.29) is 6.10 Å². The number of fused-ring (bicyclic) bond motifs is 6. The molecule has 1 aliphatic heterocycles. The third-order valence-corrected chi connectivity index (χ3v) is 6.62. The summed E-state index contributed by atoms with van der Waals surface area (Å²) < 4.78 is 6.38. The summed E-state index contributed by atoms with van der Waals surface area (Å²) in [7, 11) is 0. The summed E-state index contributed by atoms with van der Waals surface area (Å²) in [6.07, 6.45) is 0.716. The first-order valence-corrected chi connectivity index (χ1v) is 11.2. The molecule has 5 nitrogen and oxygen atoms in total. The molecular weight excluding hydrogens is 433 g/mol. The van der Waals surface area contributed by atoms with Gasteiger partial charge in [0.15, 0.2) is 5.75 Å². The number of rotatable bonds is 5. The fourth-order valence-electron chi connectivity index (χ4n) is 4.63. The fourth-order valence-corrected chi connectivity index (χ4v) is 4.97. The number of halogens is 2. The maximum atomic E-state index is 9.47. The molecule has 0 radical (unpaired) electrons. The molecule has 0 bridgehead atoms. The van der Waals surface area contributed by atoms with E-state index in [1.54, 1.807) is 0 Å². The number of likely N-dealkylation sites (tertiary alicyclic amines) is 1. The van der Waals surface area contributed by atoms with Gasteiger partial charge in [0.1, 0.15) is 0 Å². The van der Waals surface area contributed by atoms with Crippen molar-refractivity contribution < 1.29 is 9.84 Å². The Kier molecular flexibility index (Phi) is 4.54. The molecule has 31 heavy (non-hydrogen) atoms. The molecular formula is C24H21Cl2N3O2. The van der Waals surface area contributed by atoms with Gasteiger partial charge < -0.3 is 19.8 Å². The highest BCUT2D eigenvalue weighted by molar-refractivity contribution is 6.33. The quantitative estimate of drug-likeness (QED) is 0.298. The maximum Gasteiger partial charge on any atom is 0.167 e. The van der Waals surface area contributed by atoms with Crippen molar-refractivity contribution in [3.8, 4) is 5.75 Å². The van der Waals surface area contributed by atoms with E-state index in [9.17, 15) is 5.11 Å². The molecule has 0 saturated carbocycles. The van der Waals surface area contributed by atoms with Crippen molar-refractivity contribution in [1.82, 2.24) is 14.9 Å². The second-order valence-corrected chi connectivity index (χ2v) is 9.17. The Morgan fingerprint density at radius 1 is 0.871 bits per heavy atom. The predicted octanol–water partition coefficient (Wildman–Crippen LogP) is 5.71. The van der Waals surface area contributed by atoms with Crippen molar-refractivity contribution in [3.63, 3.8) is 0 Å². The van der Waals surface area contributed by atoms with E-state index in [0.29, 0.717) is 16.7 Å². The number of hydrogen-bond acceptors (Lipinski definition) is 3. The molecule has 0 unspecified atom stereocenters. The van der Waals surface area contributed by atoms with E-state index in [0.717, 1.165) is 75.4 Å². The van der Waals surface area contributed by atoms with Gasteiger partial charge in [-0.1, -0.05) is 23.2 Å². The van der Waals surface area contributed by atoms with Gasteiger partial charge in [0.25, 0.3) is 0 Å². The highest BCUT2D eigenvalue weighted by Gasteiger charge is 2.23. The van der Waals surface area contributed by atoms with E-state index in [1.165, 1.54) is 0 Å². The lowest BCUT2D eigenvalue weighted by Crippen LogP contribution is -2.50. The van der Waals surface area contributed by atoms with Crippen LogP contribution in [0.5, 0.6) is 5.75 Å². The number of aliphatic hydroxyl groups is 1. The van der Waals surface area contributed by atoms with E-state index >= 15 is 0 Å². The fraction of sp³-hybridized carbons (Fsp3) is 0.250. The average Bonchev–Trinajstić information content (AvgIpc) is 3.27. The summed E-state index contributed by atoms with van der Waals surface area (Å²) in [6, 6.07) is 13.9. The van der Waals surface area contributed by atoms with Crippen LogP contribution < -0.4 is 4.74 Å². The van der Waals surface area contributed by atoms with Gasteiger partial charge in [-0.3, -0.25) is 4.90 Å². The van der Waals surface area contributed by atoms with E-state index in [4.69, 9.17) is 27.9 Å². The van der Waals surface area contributed by atoms with E-state index < -0.39 is 0 Å². The number of nitrogens with zero attached hydrogens (tertiary/aromatic N) is 1. The Morgan fingerprint density at radius 3 is 2.00 bits per heavy atom. The Bertz CT molecular complexity index is 1360. The summed E-state index contributed by atoms with van der Waals surface area (Å²) in [5, 5.41) is 15.2. The van der Waals surface area contributed by atoms with Crippen molar-refractivity contribution in [1.29, 1.82) is 0 Å². The molecule has 3 aromatic carbocycles. The zero-order valence-electron chi connectivity index (χ0n) is 16.7. The second-order valence-electron chi connectivity index (χ2n) is 8.30. The number of nitrogens with one attached hydrogen (secondary N) is 2. The van der Waals surface area contributed by atoms with Crippen LogP contribution in [-0.4, -0.2) is 52.3 Å². The van der Waals surface area contributed by atoms with Crippen molar-refractivity contribution in [2.75, 3.05) is 26.2 Å². The van der Waals surface area contributed by atoms with Crippen molar-refractivity contribution in [3.05, 3.63) is 52.5 Å². The lowest BCUT2D eigenvalue weighted by Gasteiger charge is -2.35. The SMILES string of the molecule is OC1CN(CCCOc2c3[nH]c4ccc(Cl)cc4c3cc3c2[nH]c2ccc(Cl)cc23)C1. The summed E-state index contributed by atoms with van der Waals surface area (Å²) in [5.74, 6) is 0.816. The number of β-amino-alcohol motifs (C(OH)–C–C–N with tert-alkyl or cyclic N) is 1. The van der Waals surface area contributed by atoms with Crippen molar-refractivity contribution >= 4 is 66.8 Å². The van der Waals surface area contributed by atoms with Crippen LogP contribution in [0.3, 0.4) is 0 Å². The minimum Gasteiger partial charge on any atom is -0.489 e. The first kappa shape index (κ1) is 19.3. The zero-order valence-corrected chi connectivity index (χ0v) is 18.2. The first-order valence-electron chi connectivity index (χ1n) is 10.4. The van der Waals surface area contributed by atoms with E-state index in [1.807, 2.05) is 36.4 Å². The van der Waals surface area contributed by atoms with Gasteiger partial charge >= 0.3 is 0 Å². The minimum atomic E-state index is -0.175. The van der Waals surface area contributed by atoms with Gasteiger partial charge in [-0.05, 0) is 48.9 Å². The highest BCUT2D eigenvalue weighted by atomic mass is 35.5. The van der Waals surface area contributed by atoms with Gasteiger partial charge in [0.2, 0.25) is 0 Å². The Morgan fingerprint density at radius 2 is 1.45 bits per heavy atom. The topological polar surface area (TPSA) is 64.3 Å². The lowest BCUT2D eigenvalue weighted by molar-refractivity contribution is 0.0000919. The second kappa shape index (κ2) is 7.31. The molecule has 5 aromatic rings. The van der Waals surface area contributed by atoms with Gasteiger partial charge in [0.05, 0.1) is 23.7 Å². The highest BCUT2D eigenvalue weighted by Crippen LogP contribution is 2.41. The summed E-state index contributed by atoms with van der Waals surface area (Å²) >= 11 is 12.6. The molecule has 158 valence electrons. The lowest BCUT2D eigenvalue weighted by atomic mass is 10.1. The molecule has 7 heteroatoms. The molecule has 1 aliphatic rings. The molecule has 3 heterocycles. The molecule has 0 atom stereocenters. The number of aliphatic hydroxyl groups excluding tert-OH is 1. The summed E-state index contributed by atoms with van der Waals surface area (Å²) in [6.45, 7) is 3.02. The Balaban J connectivity index is 1.48. The van der Waals surface area contributed by atoms with Gasteiger partial charge in [-0.25, -0.2) is 0 Å². The molecule has 6 rings (SSSR count). The van der Waals surface area contributed by atoms with Crippen LogP contribution in [0, 0.1) is 0 Å². The minimum absolute atomic E-state index is 0.175. The largest absolute Gasteiger partial charge is 0.489 e. The van der Waals surface area contributed by atoms with E-state index in [2.05, 4.69) is 20.9 Å². The number of ether oxygens (including phenoxy) is 1. The van der Waals surface area contributed by atoms with Crippen LogP contribution in [0.2, 0.25) is 10.0 Å². The standard InChI is InChI=1S/C24H21Cl2N3O2/c25-13-2-4-20-16(8-13)18-10-19-17-9-14(26)3-5-21(17)28-23(19)24(22(18)27-20)31-7-1-6-29-11-15(30)12-29/h2-5,8-10,15,27-28,30H,1,6-7,11-12H2. The summed E-state index contributed by atoms with van der Waals surface area (Å²) in [5.41, 5.74) is 3.96. The third kappa shape index (κ3) is 3.24. The number of H-pyrrole nitrogens is 2. The molecule has 3 N–H and O–H groups in total. The van der Waals surface area contributed by atoms with Crippen LogP contribution in [0.4, 0.5) is 0 Å². The van der Waals surface area contributed by atoms with Crippen LogP contribution in [0.15, 0.2) is 42.5 Å². The van der Waals surface area contributed by atoms with Crippen LogP contribution in [0.25, 0.3) is 43.6 Å². The molecule has 0 aliphatic carbocycles. The monoisotopic (exact) mass is 453 g/mol. The van der Waals surface area contributed by atoms with Crippen LogP contribution in [-0.2, 0) is 0 Å². The molecule has 1 saturated heterocycles. The Labute approximate surface area is 188 Å². The van der Waals surface area contributed by atoms with Crippen LogP contribution >= 0.6 is 23.2 Å². The number of hydrogen-bond donors (Lipinski definition) is 3. The first-order chi connectivity index (χ1) is 15.1. The predicted molar refractivity (Wildman–Crippen MR) is 128 cm³/mol. The Hall–Kier alpha value is -2.44. The molecule has 2 aromatic heterocycles. The average molecular weight is 454 g/mol. The number of aromatic amines is 2. The smallest absolute Gasteiger partial charge is 0.167 e. The van der Waals surface area contributed by atoms with Gasteiger partial charge in [0, 0.05) is 62.3 Å².